The Morgan fingerprint density at radius 3 is 2.71 bits per heavy atom. The number of anilines is 1. The van der Waals surface area contributed by atoms with E-state index in [0.717, 1.165) is 5.92 Å². The summed E-state index contributed by atoms with van der Waals surface area (Å²) in [6, 6.07) is 7.53. The SMILES string of the molecule is CC(C)C(N)CC1CCN(c2ccc3c(c2)CCCC3)C1. The first-order valence-corrected chi connectivity index (χ1v) is 8.76. The maximum atomic E-state index is 6.25. The smallest absolute Gasteiger partial charge is 0.0369 e. The molecule has 1 aromatic rings. The van der Waals surface area contributed by atoms with Crippen molar-refractivity contribution in [1.82, 2.24) is 0 Å². The van der Waals surface area contributed by atoms with Crippen molar-refractivity contribution < 1.29 is 0 Å². The van der Waals surface area contributed by atoms with E-state index in [1.807, 2.05) is 0 Å². The molecule has 2 aliphatic rings. The zero-order valence-corrected chi connectivity index (χ0v) is 13.6. The van der Waals surface area contributed by atoms with Gasteiger partial charge >= 0.3 is 0 Å². The molecule has 1 saturated heterocycles. The molecule has 2 nitrogen and oxygen atoms in total. The molecule has 2 heteroatoms. The Morgan fingerprint density at radius 2 is 1.95 bits per heavy atom. The molecule has 2 N–H and O–H groups in total. The summed E-state index contributed by atoms with van der Waals surface area (Å²) in [5, 5.41) is 0. The van der Waals surface area contributed by atoms with Gasteiger partial charge in [0.25, 0.3) is 0 Å². The van der Waals surface area contributed by atoms with Gasteiger partial charge in [0.15, 0.2) is 0 Å². The number of nitrogens with zero attached hydrogens (tertiary/aromatic N) is 1. The molecule has 116 valence electrons. The predicted molar refractivity (Wildman–Crippen MR) is 90.8 cm³/mol. The summed E-state index contributed by atoms with van der Waals surface area (Å²) >= 11 is 0. The van der Waals surface area contributed by atoms with Crippen LogP contribution in [-0.2, 0) is 12.8 Å². The lowest BCUT2D eigenvalue weighted by Crippen LogP contribution is -2.30. The molecule has 0 bridgehead atoms. The molecule has 0 aromatic heterocycles. The van der Waals surface area contributed by atoms with Gasteiger partial charge in [-0.1, -0.05) is 19.9 Å². The number of fused-ring (bicyclic) bond motifs is 1. The first-order chi connectivity index (χ1) is 10.1. The van der Waals surface area contributed by atoms with Crippen molar-refractivity contribution in [2.24, 2.45) is 17.6 Å². The molecule has 0 amide bonds. The molecular formula is C19H30N2. The van der Waals surface area contributed by atoms with E-state index >= 15 is 0 Å². The number of nitrogens with two attached hydrogens (primary N) is 1. The summed E-state index contributed by atoms with van der Waals surface area (Å²) in [5.41, 5.74) is 10.9. The summed E-state index contributed by atoms with van der Waals surface area (Å²) in [5.74, 6) is 1.38. The molecule has 0 radical (unpaired) electrons. The van der Waals surface area contributed by atoms with E-state index in [1.165, 1.54) is 57.3 Å². The zero-order chi connectivity index (χ0) is 14.8. The highest BCUT2D eigenvalue weighted by Gasteiger charge is 2.25. The van der Waals surface area contributed by atoms with Crippen molar-refractivity contribution in [3.05, 3.63) is 29.3 Å². The second kappa shape index (κ2) is 6.39. The van der Waals surface area contributed by atoms with E-state index in [4.69, 9.17) is 5.73 Å². The van der Waals surface area contributed by atoms with Crippen LogP contribution < -0.4 is 10.6 Å². The van der Waals surface area contributed by atoms with Gasteiger partial charge in [-0.15, -0.1) is 0 Å². The van der Waals surface area contributed by atoms with Crippen molar-refractivity contribution in [3.63, 3.8) is 0 Å². The minimum absolute atomic E-state index is 0.360. The molecule has 1 heterocycles. The number of benzene rings is 1. The van der Waals surface area contributed by atoms with E-state index in [0.29, 0.717) is 12.0 Å². The number of aryl methyl sites for hydroxylation is 2. The van der Waals surface area contributed by atoms with Crippen LogP contribution in [0.5, 0.6) is 0 Å². The molecular weight excluding hydrogens is 256 g/mol. The van der Waals surface area contributed by atoms with Gasteiger partial charge in [0.05, 0.1) is 0 Å². The third-order valence-corrected chi connectivity index (χ3v) is 5.44. The summed E-state index contributed by atoms with van der Waals surface area (Å²) in [6.07, 6.45) is 7.77. The van der Waals surface area contributed by atoms with Gasteiger partial charge in [-0.25, -0.2) is 0 Å². The summed E-state index contributed by atoms with van der Waals surface area (Å²) < 4.78 is 0. The molecule has 1 aliphatic heterocycles. The van der Waals surface area contributed by atoms with E-state index < -0.39 is 0 Å². The van der Waals surface area contributed by atoms with E-state index in [9.17, 15) is 0 Å². The summed E-state index contributed by atoms with van der Waals surface area (Å²) in [7, 11) is 0. The number of hydrogen-bond acceptors (Lipinski definition) is 2. The minimum atomic E-state index is 0.360. The van der Waals surface area contributed by atoms with Gasteiger partial charge in [0.2, 0.25) is 0 Å². The Kier molecular flexibility index (Phi) is 4.54. The van der Waals surface area contributed by atoms with Gasteiger partial charge in [-0.05, 0) is 73.6 Å². The highest BCUT2D eigenvalue weighted by Crippen LogP contribution is 2.31. The molecule has 2 unspecified atom stereocenters. The van der Waals surface area contributed by atoms with Crippen LogP contribution in [0, 0.1) is 11.8 Å². The third kappa shape index (κ3) is 3.42. The predicted octanol–water partition coefficient (Wildman–Crippen LogP) is 3.77. The van der Waals surface area contributed by atoms with E-state index in [2.05, 4.69) is 36.9 Å². The average Bonchev–Trinajstić information content (AvgIpc) is 2.95. The van der Waals surface area contributed by atoms with Gasteiger partial charge < -0.3 is 10.6 Å². The van der Waals surface area contributed by atoms with Gasteiger partial charge in [-0.3, -0.25) is 0 Å². The number of rotatable bonds is 4. The van der Waals surface area contributed by atoms with Crippen molar-refractivity contribution in [3.8, 4) is 0 Å². The first kappa shape index (κ1) is 14.9. The Bertz CT molecular complexity index is 480. The van der Waals surface area contributed by atoms with Crippen LogP contribution in [0.2, 0.25) is 0 Å². The summed E-state index contributed by atoms with van der Waals surface area (Å²) in [6.45, 7) is 6.87. The average molecular weight is 286 g/mol. The van der Waals surface area contributed by atoms with Crippen LogP contribution in [0.25, 0.3) is 0 Å². The topological polar surface area (TPSA) is 29.3 Å². The normalized spacial score (nSPS) is 23.4. The minimum Gasteiger partial charge on any atom is -0.371 e. The molecule has 21 heavy (non-hydrogen) atoms. The van der Waals surface area contributed by atoms with Crippen molar-refractivity contribution in [2.75, 3.05) is 18.0 Å². The van der Waals surface area contributed by atoms with Gasteiger partial charge in [0, 0.05) is 24.8 Å². The van der Waals surface area contributed by atoms with Crippen LogP contribution in [-0.4, -0.2) is 19.1 Å². The standard InChI is InChI=1S/C19H30N2/c1-14(2)19(20)11-15-9-10-21(13-15)18-8-7-16-5-3-4-6-17(16)12-18/h7-8,12,14-15,19H,3-6,9-11,13,20H2,1-2H3. The Labute approximate surface area is 129 Å². The van der Waals surface area contributed by atoms with Crippen LogP contribution in [0.4, 0.5) is 5.69 Å². The second-order valence-corrected chi connectivity index (χ2v) is 7.40. The Balaban J connectivity index is 1.63. The van der Waals surface area contributed by atoms with Crippen LogP contribution in [0.1, 0.15) is 50.7 Å². The van der Waals surface area contributed by atoms with Crippen LogP contribution in [0.3, 0.4) is 0 Å². The number of hydrogen-bond donors (Lipinski definition) is 1. The zero-order valence-electron chi connectivity index (χ0n) is 13.6. The maximum Gasteiger partial charge on any atom is 0.0369 e. The van der Waals surface area contributed by atoms with Crippen molar-refractivity contribution in [2.45, 2.75) is 58.4 Å². The maximum absolute atomic E-state index is 6.25. The van der Waals surface area contributed by atoms with Crippen LogP contribution in [0.15, 0.2) is 18.2 Å². The molecule has 1 fully saturated rings. The fourth-order valence-corrected chi connectivity index (χ4v) is 3.83. The van der Waals surface area contributed by atoms with Crippen molar-refractivity contribution >= 4 is 5.69 Å². The van der Waals surface area contributed by atoms with Crippen molar-refractivity contribution in [1.29, 1.82) is 0 Å². The lowest BCUT2D eigenvalue weighted by molar-refractivity contribution is 0.391. The third-order valence-electron chi connectivity index (χ3n) is 5.44. The van der Waals surface area contributed by atoms with Gasteiger partial charge in [-0.2, -0.15) is 0 Å². The molecule has 3 rings (SSSR count). The Hall–Kier alpha value is -1.02. The molecule has 0 saturated carbocycles. The lowest BCUT2D eigenvalue weighted by Gasteiger charge is -2.24. The quantitative estimate of drug-likeness (QED) is 0.913. The van der Waals surface area contributed by atoms with E-state index in [1.54, 1.807) is 11.1 Å². The second-order valence-electron chi connectivity index (χ2n) is 7.40. The summed E-state index contributed by atoms with van der Waals surface area (Å²) in [4.78, 5) is 2.58. The highest BCUT2D eigenvalue weighted by atomic mass is 15.1. The largest absolute Gasteiger partial charge is 0.371 e. The van der Waals surface area contributed by atoms with Crippen LogP contribution >= 0.6 is 0 Å². The van der Waals surface area contributed by atoms with Gasteiger partial charge in [0.1, 0.15) is 0 Å². The Morgan fingerprint density at radius 1 is 1.19 bits per heavy atom. The monoisotopic (exact) mass is 286 g/mol. The first-order valence-electron chi connectivity index (χ1n) is 8.76. The van der Waals surface area contributed by atoms with E-state index in [-0.39, 0.29) is 0 Å². The fraction of sp³-hybridized carbons (Fsp3) is 0.684. The molecule has 1 aromatic carbocycles. The molecule has 2 atom stereocenters. The lowest BCUT2D eigenvalue weighted by atomic mass is 9.91. The molecule has 0 spiro atoms. The highest BCUT2D eigenvalue weighted by molar-refractivity contribution is 5.52. The molecule has 1 aliphatic carbocycles. The fourth-order valence-electron chi connectivity index (χ4n) is 3.83.